The first kappa shape index (κ1) is 27.9. The van der Waals surface area contributed by atoms with Crippen LogP contribution < -0.4 is 19.7 Å². The quantitative estimate of drug-likeness (QED) is 0.280. The molecule has 1 aromatic heterocycles. The number of benzene rings is 3. The van der Waals surface area contributed by atoms with Crippen LogP contribution >= 0.6 is 11.8 Å². The molecule has 0 spiro atoms. The molecule has 42 heavy (non-hydrogen) atoms. The first-order valence-electron chi connectivity index (χ1n) is 13.9. The van der Waals surface area contributed by atoms with Crippen LogP contribution in [0.5, 0.6) is 11.5 Å². The van der Waals surface area contributed by atoms with Crippen LogP contribution in [-0.2, 0) is 14.3 Å². The molecule has 1 N–H and O–H groups in total. The minimum Gasteiger partial charge on any atom is -0.454 e. The molecule has 0 radical (unpaired) electrons. The van der Waals surface area contributed by atoms with Crippen LogP contribution in [0.15, 0.2) is 72.8 Å². The van der Waals surface area contributed by atoms with E-state index in [1.54, 1.807) is 12.0 Å². The average molecular weight is 585 g/mol. The number of hydrogen-bond donors (Lipinski definition) is 1. The van der Waals surface area contributed by atoms with Gasteiger partial charge in [-0.2, -0.15) is 5.10 Å². The van der Waals surface area contributed by atoms with Crippen molar-refractivity contribution in [3.05, 3.63) is 89.5 Å². The molecule has 2 aliphatic rings. The maximum absolute atomic E-state index is 13.9. The summed E-state index contributed by atoms with van der Waals surface area (Å²) < 4.78 is 18.2. The van der Waals surface area contributed by atoms with Gasteiger partial charge >= 0.3 is 0 Å². The van der Waals surface area contributed by atoms with Gasteiger partial charge in [0.25, 0.3) is 0 Å². The zero-order valence-corrected chi connectivity index (χ0v) is 24.4. The first-order chi connectivity index (χ1) is 20.5. The van der Waals surface area contributed by atoms with E-state index in [4.69, 9.17) is 19.3 Å². The minimum atomic E-state index is -0.263. The molecule has 0 aliphatic carbocycles. The SMILES string of the molecule is COCCCNC(=O)CN1C(=O)CSC(c2ccc3c(c2)OCO3)c2c(-c3ccccc3)nn(-c3ccccc3C)c21. The molecule has 2 aliphatic heterocycles. The number of methoxy groups -OCH3 is 1. The molecular formula is C32H32N4O5S. The number of aryl methyl sites for hydroxylation is 1. The molecule has 1 unspecified atom stereocenters. The number of rotatable bonds is 9. The van der Waals surface area contributed by atoms with Crippen LogP contribution in [0.3, 0.4) is 0 Å². The van der Waals surface area contributed by atoms with Crippen LogP contribution in [0, 0.1) is 6.92 Å². The molecule has 0 saturated heterocycles. The number of thioether (sulfide) groups is 1. The molecule has 0 fully saturated rings. The predicted molar refractivity (Wildman–Crippen MR) is 162 cm³/mol. The van der Waals surface area contributed by atoms with E-state index in [0.29, 0.717) is 36.9 Å². The summed E-state index contributed by atoms with van der Waals surface area (Å²) in [6, 6.07) is 23.8. The van der Waals surface area contributed by atoms with Crippen molar-refractivity contribution < 1.29 is 23.8 Å². The summed E-state index contributed by atoms with van der Waals surface area (Å²) in [6.07, 6.45) is 0.683. The second kappa shape index (κ2) is 12.3. The summed E-state index contributed by atoms with van der Waals surface area (Å²) in [7, 11) is 1.63. The van der Waals surface area contributed by atoms with Crippen LogP contribution in [0.1, 0.15) is 28.4 Å². The van der Waals surface area contributed by atoms with Gasteiger partial charge in [-0.3, -0.25) is 14.5 Å². The van der Waals surface area contributed by atoms with Crippen LogP contribution in [0.4, 0.5) is 5.82 Å². The molecule has 1 atom stereocenters. The van der Waals surface area contributed by atoms with Gasteiger partial charge in [-0.15, -0.1) is 11.8 Å². The Bertz CT molecular complexity index is 1610. The third kappa shape index (κ3) is 5.47. The van der Waals surface area contributed by atoms with Gasteiger partial charge in [-0.25, -0.2) is 4.68 Å². The second-order valence-corrected chi connectivity index (χ2v) is 11.2. The molecule has 3 aromatic carbocycles. The van der Waals surface area contributed by atoms with Crippen molar-refractivity contribution >= 4 is 29.4 Å². The number of hydrogen-bond acceptors (Lipinski definition) is 7. The minimum absolute atomic E-state index is 0.126. The monoisotopic (exact) mass is 584 g/mol. The summed E-state index contributed by atoms with van der Waals surface area (Å²) in [6.45, 7) is 3.07. The number of nitrogens with one attached hydrogen (secondary N) is 1. The van der Waals surface area contributed by atoms with Crippen molar-refractivity contribution in [2.45, 2.75) is 18.6 Å². The van der Waals surface area contributed by atoms with Crippen molar-refractivity contribution in [2.75, 3.05) is 44.3 Å². The van der Waals surface area contributed by atoms with Crippen molar-refractivity contribution in [3.63, 3.8) is 0 Å². The third-order valence-electron chi connectivity index (χ3n) is 7.33. The predicted octanol–water partition coefficient (Wildman–Crippen LogP) is 4.90. The van der Waals surface area contributed by atoms with Gasteiger partial charge in [0.1, 0.15) is 12.4 Å². The standard InChI is InChI=1S/C32H32N4O5S/c1-21-9-6-7-12-24(21)36-32-29(30(34-36)22-10-4-3-5-11-22)31(23-13-14-25-26(17-23)41-20-40-25)42-19-28(38)35(32)18-27(37)33-15-8-16-39-2/h3-7,9-14,17,31H,8,15-16,18-20H2,1-2H3,(H,33,37). The van der Waals surface area contributed by atoms with Crippen molar-refractivity contribution in [1.82, 2.24) is 15.1 Å². The Balaban J connectivity index is 1.54. The molecular weight excluding hydrogens is 552 g/mol. The molecule has 10 heteroatoms. The van der Waals surface area contributed by atoms with E-state index >= 15 is 0 Å². The van der Waals surface area contributed by atoms with E-state index in [1.165, 1.54) is 11.8 Å². The van der Waals surface area contributed by atoms with Gasteiger partial charge in [0, 0.05) is 31.4 Å². The van der Waals surface area contributed by atoms with Crippen molar-refractivity contribution in [1.29, 1.82) is 0 Å². The van der Waals surface area contributed by atoms with E-state index in [-0.39, 0.29) is 36.2 Å². The van der Waals surface area contributed by atoms with Crippen LogP contribution in [0.25, 0.3) is 16.9 Å². The Morgan fingerprint density at radius 2 is 1.86 bits per heavy atom. The Kier molecular flexibility index (Phi) is 8.16. The largest absolute Gasteiger partial charge is 0.454 e. The Morgan fingerprint density at radius 1 is 1.07 bits per heavy atom. The summed E-state index contributed by atoms with van der Waals surface area (Å²) in [5, 5.41) is 7.84. The lowest BCUT2D eigenvalue weighted by atomic mass is 9.99. The third-order valence-corrected chi connectivity index (χ3v) is 8.58. The van der Waals surface area contributed by atoms with Gasteiger partial charge in [-0.1, -0.05) is 54.6 Å². The molecule has 4 aromatic rings. The highest BCUT2D eigenvalue weighted by molar-refractivity contribution is 8.00. The molecule has 2 amide bonds. The molecule has 0 saturated carbocycles. The average Bonchev–Trinajstić information content (AvgIpc) is 3.61. The smallest absolute Gasteiger partial charge is 0.240 e. The normalized spacial score (nSPS) is 15.8. The highest BCUT2D eigenvalue weighted by Crippen LogP contribution is 2.50. The zero-order chi connectivity index (χ0) is 29.1. The lowest BCUT2D eigenvalue weighted by molar-refractivity contribution is -0.122. The number of para-hydroxylation sites is 1. The highest BCUT2D eigenvalue weighted by Gasteiger charge is 2.38. The fraction of sp³-hybridized carbons (Fsp3) is 0.281. The summed E-state index contributed by atoms with van der Waals surface area (Å²) >= 11 is 1.52. The number of carbonyl (C=O) groups excluding carboxylic acids is 2. The Hall–Kier alpha value is -4.28. The number of ether oxygens (including phenoxy) is 3. The number of anilines is 1. The molecule has 6 rings (SSSR count). The number of fused-ring (bicyclic) bond motifs is 2. The van der Waals surface area contributed by atoms with Gasteiger partial charge in [-0.05, 0) is 42.7 Å². The fourth-order valence-electron chi connectivity index (χ4n) is 5.28. The summed E-state index contributed by atoms with van der Waals surface area (Å²) in [5.74, 6) is 1.74. The Morgan fingerprint density at radius 3 is 2.67 bits per heavy atom. The van der Waals surface area contributed by atoms with Gasteiger partial charge < -0.3 is 19.5 Å². The number of carbonyl (C=O) groups is 2. The molecule has 9 nitrogen and oxygen atoms in total. The lowest BCUT2D eigenvalue weighted by Gasteiger charge is -2.23. The first-order valence-corrected chi connectivity index (χ1v) is 14.9. The van der Waals surface area contributed by atoms with Gasteiger partial charge in [0.15, 0.2) is 11.5 Å². The van der Waals surface area contributed by atoms with Gasteiger partial charge in [0.2, 0.25) is 18.6 Å². The topological polar surface area (TPSA) is 94.9 Å². The number of amides is 2. The fourth-order valence-corrected chi connectivity index (χ4v) is 6.47. The number of aromatic nitrogens is 2. The molecule has 3 heterocycles. The van der Waals surface area contributed by atoms with E-state index in [1.807, 2.05) is 84.4 Å². The lowest BCUT2D eigenvalue weighted by Crippen LogP contribution is -2.42. The number of nitrogens with zero attached hydrogens (tertiary/aromatic N) is 3. The maximum atomic E-state index is 13.9. The van der Waals surface area contributed by atoms with Crippen molar-refractivity contribution in [3.8, 4) is 28.4 Å². The highest BCUT2D eigenvalue weighted by atomic mass is 32.2. The molecule has 0 bridgehead atoms. The van der Waals surface area contributed by atoms with Crippen molar-refractivity contribution in [2.24, 2.45) is 0 Å². The van der Waals surface area contributed by atoms with E-state index in [2.05, 4.69) is 5.32 Å². The summed E-state index contributed by atoms with van der Waals surface area (Å²) in [4.78, 5) is 28.7. The molecule has 216 valence electrons. The van der Waals surface area contributed by atoms with Gasteiger partial charge in [0.05, 0.1) is 22.4 Å². The van der Waals surface area contributed by atoms with E-state index < -0.39 is 0 Å². The Labute approximate surface area is 248 Å². The second-order valence-electron chi connectivity index (χ2n) is 10.1. The van der Waals surface area contributed by atoms with E-state index in [9.17, 15) is 9.59 Å². The zero-order valence-electron chi connectivity index (χ0n) is 23.5. The van der Waals surface area contributed by atoms with E-state index in [0.717, 1.165) is 33.6 Å². The van der Waals surface area contributed by atoms with Crippen LogP contribution in [0.2, 0.25) is 0 Å². The van der Waals surface area contributed by atoms with Crippen LogP contribution in [-0.4, -0.2) is 60.9 Å². The summed E-state index contributed by atoms with van der Waals surface area (Å²) in [5.41, 5.74) is 5.34. The maximum Gasteiger partial charge on any atom is 0.240 e.